The number of fused-ring (bicyclic) bond motifs is 1. The third kappa shape index (κ3) is 13.9. The van der Waals surface area contributed by atoms with E-state index < -0.39 is 97.5 Å². The lowest BCUT2D eigenvalue weighted by atomic mass is 9.87. The zero-order chi connectivity index (χ0) is 41.3. The van der Waals surface area contributed by atoms with Crippen LogP contribution in [0.15, 0.2) is 30.5 Å². The van der Waals surface area contributed by atoms with E-state index in [4.69, 9.17) is 49.1 Å². The van der Waals surface area contributed by atoms with E-state index in [9.17, 15) is 33.6 Å². The molecule has 1 aliphatic rings. The van der Waals surface area contributed by atoms with E-state index in [0.717, 1.165) is 45.7 Å². The molecule has 2 heterocycles. The van der Waals surface area contributed by atoms with Crippen LogP contribution in [-0.4, -0.2) is 136 Å². The molecule has 19 heteroatoms. The first-order valence-corrected chi connectivity index (χ1v) is 17.4. The molecule has 3 N–H and O–H groups in total. The van der Waals surface area contributed by atoms with Crippen molar-refractivity contribution in [2.45, 2.75) is 76.8 Å². The minimum Gasteiger partial charge on any atom is -0.465 e. The van der Waals surface area contributed by atoms with E-state index in [2.05, 4.69) is 21.5 Å². The molecular formula is C37H47N3O16. The Kier molecular flexibility index (Phi) is 17.7. The van der Waals surface area contributed by atoms with Crippen LogP contribution in [0.3, 0.4) is 0 Å². The van der Waals surface area contributed by atoms with E-state index in [1.807, 2.05) is 18.2 Å². The Morgan fingerprint density at radius 1 is 0.929 bits per heavy atom. The van der Waals surface area contributed by atoms with Crippen LogP contribution in [0.1, 0.15) is 39.7 Å². The van der Waals surface area contributed by atoms with Gasteiger partial charge in [-0.3, -0.25) is 28.8 Å². The number of hydrogen-bond donors (Lipinski definition) is 3. The maximum Gasteiger partial charge on any atom is 0.366 e. The number of aromatic nitrogens is 1. The predicted octanol–water partition coefficient (Wildman–Crippen LogP) is 0.0108. The average Bonchev–Trinajstić information content (AvgIpc) is 3.61. The number of nitrogens with one attached hydrogen (secondary N) is 3. The fourth-order valence-corrected chi connectivity index (χ4v) is 5.83. The molecule has 6 atom stereocenters. The van der Waals surface area contributed by atoms with Gasteiger partial charge in [0.2, 0.25) is 5.91 Å². The molecule has 0 unspecified atom stereocenters. The number of ether oxygens (including phenoxy) is 9. The smallest absolute Gasteiger partial charge is 0.366 e. The SMILES string of the molecule is C#CCOCCOCCO[C@]1(C(=O)OC)C[C@H](OC(C)=O)[C@@H](NC(=O)COC(C)=O)[C@H]([C@H](OC(C)=O)[C@@H](CNC(=O)Cc2ccc3[nH]ccc3c2)OC(C)=O)O1. The second-order valence-electron chi connectivity index (χ2n) is 12.4. The van der Waals surface area contributed by atoms with Crippen molar-refractivity contribution in [2.75, 3.05) is 53.3 Å². The Bertz CT molecular complexity index is 1740. The molecule has 1 aliphatic heterocycles. The zero-order valence-corrected chi connectivity index (χ0v) is 31.7. The van der Waals surface area contributed by atoms with Gasteiger partial charge in [0.05, 0.1) is 59.0 Å². The van der Waals surface area contributed by atoms with Crippen molar-refractivity contribution in [1.82, 2.24) is 15.6 Å². The molecule has 1 fully saturated rings. The van der Waals surface area contributed by atoms with Crippen molar-refractivity contribution >= 4 is 52.6 Å². The molecule has 306 valence electrons. The fraction of sp³-hybridized carbons (Fsp3) is 0.541. The number of hydrogen-bond acceptors (Lipinski definition) is 16. The summed E-state index contributed by atoms with van der Waals surface area (Å²) in [6.45, 7) is 2.88. The van der Waals surface area contributed by atoms with Crippen molar-refractivity contribution in [3.8, 4) is 12.3 Å². The molecule has 0 bridgehead atoms. The summed E-state index contributed by atoms with van der Waals surface area (Å²) in [5.41, 5.74) is 1.53. The van der Waals surface area contributed by atoms with Gasteiger partial charge >= 0.3 is 29.8 Å². The number of rotatable bonds is 21. The van der Waals surface area contributed by atoms with Crippen LogP contribution in [0.25, 0.3) is 10.9 Å². The Balaban J connectivity index is 2.03. The van der Waals surface area contributed by atoms with Gasteiger partial charge in [-0.25, -0.2) is 4.79 Å². The first kappa shape index (κ1) is 44.8. The molecular weight excluding hydrogens is 742 g/mol. The van der Waals surface area contributed by atoms with Crippen molar-refractivity contribution in [3.05, 3.63) is 36.0 Å². The van der Waals surface area contributed by atoms with E-state index in [-0.39, 0.29) is 39.5 Å². The summed E-state index contributed by atoms with van der Waals surface area (Å²) < 4.78 is 49.6. The predicted molar refractivity (Wildman–Crippen MR) is 191 cm³/mol. The van der Waals surface area contributed by atoms with E-state index in [1.165, 1.54) is 0 Å². The van der Waals surface area contributed by atoms with Gasteiger partial charge < -0.3 is 58.2 Å². The number of aromatic amines is 1. The fourth-order valence-electron chi connectivity index (χ4n) is 5.83. The number of methoxy groups -OCH3 is 1. The average molecular weight is 790 g/mol. The van der Waals surface area contributed by atoms with Gasteiger partial charge in [-0.15, -0.1) is 6.42 Å². The van der Waals surface area contributed by atoms with Crippen LogP contribution in [0.5, 0.6) is 0 Å². The zero-order valence-electron chi connectivity index (χ0n) is 31.7. The lowest BCUT2D eigenvalue weighted by Gasteiger charge is -2.48. The van der Waals surface area contributed by atoms with Gasteiger partial charge in [0.1, 0.15) is 18.8 Å². The van der Waals surface area contributed by atoms with Gasteiger partial charge in [0, 0.05) is 39.4 Å². The Morgan fingerprint density at radius 2 is 1.64 bits per heavy atom. The third-order valence-corrected chi connectivity index (χ3v) is 8.01. The number of H-pyrrole nitrogens is 1. The molecule has 3 rings (SSSR count). The molecule has 19 nitrogen and oxygen atoms in total. The van der Waals surface area contributed by atoms with Crippen LogP contribution in [0, 0.1) is 12.3 Å². The van der Waals surface area contributed by atoms with Crippen molar-refractivity contribution in [1.29, 1.82) is 0 Å². The molecule has 1 aromatic carbocycles. The molecule has 2 aromatic rings. The summed E-state index contributed by atoms with van der Waals surface area (Å²) in [5, 5.41) is 6.08. The summed E-state index contributed by atoms with van der Waals surface area (Å²) in [4.78, 5) is 92.2. The highest BCUT2D eigenvalue weighted by Crippen LogP contribution is 2.37. The van der Waals surface area contributed by atoms with Crippen LogP contribution in [0.2, 0.25) is 0 Å². The second-order valence-corrected chi connectivity index (χ2v) is 12.4. The maximum atomic E-state index is 13.6. The molecule has 1 saturated heterocycles. The highest BCUT2D eigenvalue weighted by molar-refractivity contribution is 5.84. The second kappa shape index (κ2) is 22.1. The molecule has 2 amide bonds. The first-order chi connectivity index (χ1) is 26.7. The van der Waals surface area contributed by atoms with Gasteiger partial charge in [-0.05, 0) is 29.1 Å². The van der Waals surface area contributed by atoms with Crippen molar-refractivity contribution < 1.29 is 76.2 Å². The molecule has 0 spiro atoms. The Labute approximate surface area is 322 Å². The summed E-state index contributed by atoms with van der Waals surface area (Å²) >= 11 is 0. The summed E-state index contributed by atoms with van der Waals surface area (Å²) in [5.74, 6) is -6.11. The summed E-state index contributed by atoms with van der Waals surface area (Å²) in [7, 11) is 1.04. The summed E-state index contributed by atoms with van der Waals surface area (Å²) in [6, 6.07) is 5.72. The van der Waals surface area contributed by atoms with Crippen LogP contribution >= 0.6 is 0 Å². The van der Waals surface area contributed by atoms with Crippen LogP contribution in [0.4, 0.5) is 0 Å². The topological polar surface area (TPSA) is 242 Å². The van der Waals surface area contributed by atoms with Gasteiger partial charge in [0.25, 0.3) is 11.7 Å². The van der Waals surface area contributed by atoms with E-state index in [1.54, 1.807) is 12.3 Å². The summed E-state index contributed by atoms with van der Waals surface area (Å²) in [6.07, 6.45) is -0.303. The van der Waals surface area contributed by atoms with Gasteiger partial charge in [-0.1, -0.05) is 12.0 Å². The number of carbonyl (C=O) groups is 7. The van der Waals surface area contributed by atoms with Crippen LogP contribution in [-0.2, 0) is 82.6 Å². The standard InChI is InChI=1S/C37H47N3O16/c1-7-12-49-13-14-50-15-16-52-37(36(47)48-6)19-29(53-23(3)42)33(40-32(46)21-51-22(2)41)35(56-37)34(55-25(5)44)30(54-24(4)43)20-39-31(45)18-26-8-9-28-27(17-26)10-11-38-28/h1,8-11,17,29-30,33-35,38H,12-16,18-21H2,2-6H3,(H,39,45)(H,40,46)/t29-,30+,33+,34+,35+,37+/m0/s1. The van der Waals surface area contributed by atoms with Crippen LogP contribution < -0.4 is 10.6 Å². The number of amides is 2. The van der Waals surface area contributed by atoms with Crippen molar-refractivity contribution in [3.63, 3.8) is 0 Å². The van der Waals surface area contributed by atoms with E-state index >= 15 is 0 Å². The highest BCUT2D eigenvalue weighted by atomic mass is 16.7. The lowest BCUT2D eigenvalue weighted by Crippen LogP contribution is -2.70. The molecule has 1 aromatic heterocycles. The number of esters is 5. The maximum absolute atomic E-state index is 13.6. The Morgan fingerprint density at radius 3 is 2.30 bits per heavy atom. The quantitative estimate of drug-likeness (QED) is 0.0653. The minimum absolute atomic E-state index is 0.0720. The van der Waals surface area contributed by atoms with Gasteiger partial charge in [-0.2, -0.15) is 0 Å². The Hall–Kier alpha value is -5.55. The van der Waals surface area contributed by atoms with Gasteiger partial charge in [0.15, 0.2) is 18.8 Å². The van der Waals surface area contributed by atoms with E-state index in [0.29, 0.717) is 5.56 Å². The molecule has 0 aliphatic carbocycles. The first-order valence-electron chi connectivity index (χ1n) is 17.4. The molecule has 0 radical (unpaired) electrons. The van der Waals surface area contributed by atoms with Crippen molar-refractivity contribution in [2.24, 2.45) is 0 Å². The lowest BCUT2D eigenvalue weighted by molar-refractivity contribution is -0.315. The number of terminal acetylenes is 1. The molecule has 56 heavy (non-hydrogen) atoms. The third-order valence-electron chi connectivity index (χ3n) is 8.01. The normalized spacial score (nSPS) is 20.0. The largest absolute Gasteiger partial charge is 0.465 e. The number of benzene rings is 1. The monoisotopic (exact) mass is 789 g/mol. The molecule has 0 saturated carbocycles. The number of carbonyl (C=O) groups excluding carboxylic acids is 7. The highest BCUT2D eigenvalue weighted by Gasteiger charge is 2.59. The minimum atomic E-state index is -2.42.